The quantitative estimate of drug-likeness (QED) is 0.569. The number of nitrogens with one attached hydrogen (secondary N) is 1. The number of hydrogen-bond acceptors (Lipinski definition) is 2. The van der Waals surface area contributed by atoms with Crippen LogP contribution in [0.15, 0.2) is 42.5 Å². The molecule has 1 aromatic heterocycles. The minimum Gasteiger partial charge on any atom is -0.507 e. The molecule has 0 fully saturated rings. The van der Waals surface area contributed by atoms with Crippen LogP contribution in [-0.4, -0.2) is 10.1 Å². The SMILES string of the molecule is Cc1cc2[nH]c(-c3ccccc3O)cc2cc1N. The second kappa shape index (κ2) is 3.81. The van der Waals surface area contributed by atoms with Crippen molar-refractivity contribution < 1.29 is 5.11 Å². The lowest BCUT2D eigenvalue weighted by Gasteiger charge is -2.00. The summed E-state index contributed by atoms with van der Waals surface area (Å²) in [5.74, 6) is 0.272. The molecule has 0 radical (unpaired) electrons. The van der Waals surface area contributed by atoms with Gasteiger partial charge in [0.25, 0.3) is 0 Å². The normalized spacial score (nSPS) is 10.9. The maximum atomic E-state index is 9.85. The average molecular weight is 238 g/mol. The maximum absolute atomic E-state index is 9.85. The molecular formula is C15H14N2O. The number of aromatic amines is 1. The van der Waals surface area contributed by atoms with Gasteiger partial charge in [0.15, 0.2) is 0 Å². The third-order valence-electron chi connectivity index (χ3n) is 3.20. The van der Waals surface area contributed by atoms with Gasteiger partial charge >= 0.3 is 0 Å². The predicted molar refractivity (Wildman–Crippen MR) is 74.5 cm³/mol. The van der Waals surface area contributed by atoms with Crippen molar-refractivity contribution in [2.75, 3.05) is 5.73 Å². The van der Waals surface area contributed by atoms with Gasteiger partial charge in [-0.1, -0.05) is 12.1 Å². The van der Waals surface area contributed by atoms with Crippen LogP contribution < -0.4 is 5.73 Å². The van der Waals surface area contributed by atoms with Gasteiger partial charge in [-0.15, -0.1) is 0 Å². The fourth-order valence-corrected chi connectivity index (χ4v) is 2.15. The van der Waals surface area contributed by atoms with E-state index < -0.39 is 0 Å². The standard InChI is InChI=1S/C15H14N2O/c1-9-6-13-10(7-12(9)16)8-14(17-13)11-4-2-3-5-15(11)18/h2-8,17-18H,16H2,1H3. The summed E-state index contributed by atoms with van der Waals surface area (Å²) in [4.78, 5) is 3.31. The monoisotopic (exact) mass is 238 g/mol. The van der Waals surface area contributed by atoms with Crippen molar-refractivity contribution >= 4 is 16.6 Å². The van der Waals surface area contributed by atoms with Gasteiger partial charge in [0.05, 0.1) is 5.69 Å². The van der Waals surface area contributed by atoms with E-state index in [4.69, 9.17) is 5.73 Å². The number of phenolic OH excluding ortho intramolecular Hbond substituents is 1. The molecule has 0 amide bonds. The smallest absolute Gasteiger partial charge is 0.124 e. The van der Waals surface area contributed by atoms with Crippen molar-refractivity contribution in [1.29, 1.82) is 0 Å². The first-order valence-corrected chi connectivity index (χ1v) is 5.82. The number of aromatic hydroxyl groups is 1. The van der Waals surface area contributed by atoms with E-state index in [1.807, 2.05) is 43.3 Å². The van der Waals surface area contributed by atoms with Crippen LogP contribution in [0.5, 0.6) is 5.75 Å². The summed E-state index contributed by atoms with van der Waals surface area (Å²) in [7, 11) is 0. The number of anilines is 1. The first-order valence-electron chi connectivity index (χ1n) is 5.82. The van der Waals surface area contributed by atoms with Crippen LogP contribution in [-0.2, 0) is 0 Å². The zero-order chi connectivity index (χ0) is 12.7. The van der Waals surface area contributed by atoms with Gasteiger partial charge in [0.2, 0.25) is 0 Å². The number of phenols is 1. The molecule has 2 aromatic carbocycles. The van der Waals surface area contributed by atoms with Crippen molar-refractivity contribution in [1.82, 2.24) is 4.98 Å². The predicted octanol–water partition coefficient (Wildman–Crippen LogP) is 3.43. The highest BCUT2D eigenvalue weighted by Crippen LogP contribution is 2.31. The zero-order valence-electron chi connectivity index (χ0n) is 10.1. The fourth-order valence-electron chi connectivity index (χ4n) is 2.15. The van der Waals surface area contributed by atoms with E-state index in [1.54, 1.807) is 6.07 Å². The molecular weight excluding hydrogens is 224 g/mol. The van der Waals surface area contributed by atoms with Gasteiger partial charge in [0.1, 0.15) is 5.75 Å². The van der Waals surface area contributed by atoms with Crippen molar-refractivity contribution in [2.24, 2.45) is 0 Å². The van der Waals surface area contributed by atoms with Crippen molar-refractivity contribution in [3.63, 3.8) is 0 Å². The van der Waals surface area contributed by atoms with Crippen molar-refractivity contribution in [3.8, 4) is 17.0 Å². The molecule has 18 heavy (non-hydrogen) atoms. The van der Waals surface area contributed by atoms with Gasteiger partial charge in [-0.05, 0) is 42.8 Å². The molecule has 0 atom stereocenters. The number of nitrogen functional groups attached to an aromatic ring is 1. The number of aromatic nitrogens is 1. The second-order valence-electron chi connectivity index (χ2n) is 4.50. The summed E-state index contributed by atoms with van der Waals surface area (Å²) in [6.45, 7) is 1.98. The molecule has 3 rings (SSSR count). The Labute approximate surface area is 105 Å². The van der Waals surface area contributed by atoms with Crippen molar-refractivity contribution in [2.45, 2.75) is 6.92 Å². The number of H-pyrrole nitrogens is 1. The number of benzene rings is 2. The van der Waals surface area contributed by atoms with Crippen LogP contribution in [0.1, 0.15) is 5.56 Å². The zero-order valence-corrected chi connectivity index (χ0v) is 10.1. The topological polar surface area (TPSA) is 62.0 Å². The largest absolute Gasteiger partial charge is 0.507 e. The summed E-state index contributed by atoms with van der Waals surface area (Å²) < 4.78 is 0. The first-order chi connectivity index (χ1) is 8.65. The number of aryl methyl sites for hydroxylation is 1. The number of rotatable bonds is 1. The molecule has 0 spiro atoms. The summed E-state index contributed by atoms with van der Waals surface area (Å²) in [6.07, 6.45) is 0. The van der Waals surface area contributed by atoms with E-state index in [9.17, 15) is 5.11 Å². The molecule has 0 aliphatic carbocycles. The molecule has 0 unspecified atom stereocenters. The Balaban J connectivity index is 2.23. The molecule has 4 N–H and O–H groups in total. The molecule has 3 heteroatoms. The molecule has 1 heterocycles. The first kappa shape index (κ1) is 10.7. The lowest BCUT2D eigenvalue weighted by atomic mass is 10.1. The van der Waals surface area contributed by atoms with Crippen LogP contribution in [0.3, 0.4) is 0 Å². The summed E-state index contributed by atoms with van der Waals surface area (Å²) in [5, 5.41) is 10.9. The molecule has 3 nitrogen and oxygen atoms in total. The minimum atomic E-state index is 0.272. The Morgan fingerprint density at radius 3 is 2.67 bits per heavy atom. The van der Waals surface area contributed by atoms with E-state index in [2.05, 4.69) is 4.98 Å². The Morgan fingerprint density at radius 2 is 1.89 bits per heavy atom. The molecule has 90 valence electrons. The van der Waals surface area contributed by atoms with Crippen LogP contribution in [0.25, 0.3) is 22.2 Å². The van der Waals surface area contributed by atoms with Gasteiger partial charge < -0.3 is 15.8 Å². The summed E-state index contributed by atoms with van der Waals surface area (Å²) >= 11 is 0. The number of nitrogens with two attached hydrogens (primary N) is 1. The third-order valence-corrected chi connectivity index (χ3v) is 3.20. The molecule has 0 saturated carbocycles. The summed E-state index contributed by atoms with van der Waals surface area (Å²) in [5.41, 5.74) is 10.5. The highest BCUT2D eigenvalue weighted by atomic mass is 16.3. The van der Waals surface area contributed by atoms with Gasteiger partial charge in [0, 0.05) is 22.2 Å². The Morgan fingerprint density at radius 1 is 1.11 bits per heavy atom. The minimum absolute atomic E-state index is 0.272. The second-order valence-corrected chi connectivity index (χ2v) is 4.50. The molecule has 0 aliphatic rings. The highest BCUT2D eigenvalue weighted by molar-refractivity contribution is 5.90. The molecule has 3 aromatic rings. The van der Waals surface area contributed by atoms with Crippen LogP contribution in [0.4, 0.5) is 5.69 Å². The van der Waals surface area contributed by atoms with E-state index >= 15 is 0 Å². The van der Waals surface area contributed by atoms with E-state index in [0.717, 1.165) is 33.4 Å². The highest BCUT2D eigenvalue weighted by Gasteiger charge is 2.08. The van der Waals surface area contributed by atoms with E-state index in [1.165, 1.54) is 0 Å². The number of para-hydroxylation sites is 1. The number of hydrogen-bond donors (Lipinski definition) is 3. The average Bonchev–Trinajstić information content (AvgIpc) is 2.73. The van der Waals surface area contributed by atoms with Crippen LogP contribution >= 0.6 is 0 Å². The van der Waals surface area contributed by atoms with Gasteiger partial charge in [-0.2, -0.15) is 0 Å². The van der Waals surface area contributed by atoms with E-state index in [0.29, 0.717) is 0 Å². The third kappa shape index (κ3) is 1.61. The van der Waals surface area contributed by atoms with Gasteiger partial charge in [-0.25, -0.2) is 0 Å². The lowest BCUT2D eigenvalue weighted by molar-refractivity contribution is 0.477. The molecule has 0 bridgehead atoms. The number of fused-ring (bicyclic) bond motifs is 1. The molecule has 0 saturated heterocycles. The Hall–Kier alpha value is -2.42. The van der Waals surface area contributed by atoms with Crippen LogP contribution in [0.2, 0.25) is 0 Å². The lowest BCUT2D eigenvalue weighted by Crippen LogP contribution is -1.87. The Bertz CT molecular complexity index is 689. The van der Waals surface area contributed by atoms with Gasteiger partial charge in [-0.3, -0.25) is 0 Å². The Kier molecular flexibility index (Phi) is 2.27. The van der Waals surface area contributed by atoms with Crippen molar-refractivity contribution in [3.05, 3.63) is 48.0 Å². The maximum Gasteiger partial charge on any atom is 0.124 e. The fraction of sp³-hybridized carbons (Fsp3) is 0.0667. The molecule has 0 aliphatic heterocycles. The summed E-state index contributed by atoms with van der Waals surface area (Å²) in [6, 6.07) is 13.2. The van der Waals surface area contributed by atoms with E-state index in [-0.39, 0.29) is 5.75 Å². The van der Waals surface area contributed by atoms with Crippen LogP contribution in [0, 0.1) is 6.92 Å².